The van der Waals surface area contributed by atoms with E-state index >= 15 is 0 Å². The lowest BCUT2D eigenvalue weighted by Crippen LogP contribution is -2.05. The van der Waals surface area contributed by atoms with Gasteiger partial charge >= 0.3 is 0 Å². The summed E-state index contributed by atoms with van der Waals surface area (Å²) in [6, 6.07) is 27.2. The van der Waals surface area contributed by atoms with Crippen LogP contribution in [0.15, 0.2) is 85.1 Å². The SMILES string of the molecule is Cc1nc2cccc3c2n1-c1ccc(-c2cc4ccccc4c4ncccc24)cc1O3. The van der Waals surface area contributed by atoms with Crippen LogP contribution in [0.5, 0.6) is 11.5 Å². The van der Waals surface area contributed by atoms with Crippen molar-refractivity contribution in [1.82, 2.24) is 14.5 Å². The summed E-state index contributed by atoms with van der Waals surface area (Å²) in [5.74, 6) is 2.64. The molecule has 7 rings (SSSR count). The second kappa shape index (κ2) is 5.92. The molecule has 0 radical (unpaired) electrons. The largest absolute Gasteiger partial charge is 0.453 e. The van der Waals surface area contributed by atoms with Gasteiger partial charge in [0.25, 0.3) is 0 Å². The van der Waals surface area contributed by atoms with Crippen LogP contribution >= 0.6 is 0 Å². The number of nitrogens with zero attached hydrogens (tertiary/aromatic N) is 3. The van der Waals surface area contributed by atoms with Crippen LogP contribution in [0.1, 0.15) is 5.82 Å². The van der Waals surface area contributed by atoms with Crippen molar-refractivity contribution in [1.29, 1.82) is 0 Å². The minimum Gasteiger partial charge on any atom is -0.453 e. The summed E-state index contributed by atoms with van der Waals surface area (Å²) in [5.41, 5.74) is 6.28. The van der Waals surface area contributed by atoms with Crippen LogP contribution < -0.4 is 4.74 Å². The molecule has 2 aromatic heterocycles. The van der Waals surface area contributed by atoms with Crippen molar-refractivity contribution < 1.29 is 4.74 Å². The molecule has 1 aliphatic rings. The van der Waals surface area contributed by atoms with Crippen LogP contribution in [0.25, 0.3) is 49.5 Å². The molecule has 0 unspecified atom stereocenters. The minimum absolute atomic E-state index is 0.837. The molecule has 0 spiro atoms. The maximum Gasteiger partial charge on any atom is 0.153 e. The number of para-hydroxylation sites is 1. The molecule has 0 fully saturated rings. The standard InChI is InChI=1S/C27H17N3O/c1-16-29-22-9-4-10-24-27(22)30(16)23-12-11-18(15-25(23)31-24)21-14-17-6-2-3-7-19(17)26-20(21)8-5-13-28-26/h2-15H,1H3. The summed E-state index contributed by atoms with van der Waals surface area (Å²) >= 11 is 0. The van der Waals surface area contributed by atoms with Crippen LogP contribution in [0.4, 0.5) is 0 Å². The Balaban J connectivity index is 1.50. The first kappa shape index (κ1) is 16.6. The highest BCUT2D eigenvalue weighted by molar-refractivity contribution is 6.11. The molecule has 6 aromatic rings. The Morgan fingerprint density at radius 3 is 2.68 bits per heavy atom. The smallest absolute Gasteiger partial charge is 0.153 e. The van der Waals surface area contributed by atoms with Crippen molar-refractivity contribution in [2.24, 2.45) is 0 Å². The number of rotatable bonds is 1. The van der Waals surface area contributed by atoms with Gasteiger partial charge in [-0.15, -0.1) is 0 Å². The van der Waals surface area contributed by atoms with Crippen molar-refractivity contribution in [2.75, 3.05) is 0 Å². The predicted molar refractivity (Wildman–Crippen MR) is 124 cm³/mol. The van der Waals surface area contributed by atoms with Gasteiger partial charge in [-0.2, -0.15) is 0 Å². The molecular formula is C27H17N3O. The van der Waals surface area contributed by atoms with Gasteiger partial charge in [0.1, 0.15) is 11.3 Å². The molecule has 0 saturated heterocycles. The van der Waals surface area contributed by atoms with Crippen molar-refractivity contribution in [3.63, 3.8) is 0 Å². The van der Waals surface area contributed by atoms with Crippen molar-refractivity contribution >= 4 is 32.7 Å². The van der Waals surface area contributed by atoms with E-state index in [2.05, 4.69) is 59.2 Å². The molecule has 0 aliphatic carbocycles. The van der Waals surface area contributed by atoms with Gasteiger partial charge in [0, 0.05) is 17.0 Å². The summed E-state index contributed by atoms with van der Waals surface area (Å²) < 4.78 is 8.54. The highest BCUT2D eigenvalue weighted by Gasteiger charge is 2.23. The zero-order valence-electron chi connectivity index (χ0n) is 16.8. The average molecular weight is 399 g/mol. The van der Waals surface area contributed by atoms with Crippen molar-refractivity contribution in [2.45, 2.75) is 6.92 Å². The number of aryl methyl sites for hydroxylation is 1. The van der Waals surface area contributed by atoms with E-state index in [1.54, 1.807) is 0 Å². The number of aromatic nitrogens is 3. The lowest BCUT2D eigenvalue weighted by Gasteiger charge is -2.21. The summed E-state index contributed by atoms with van der Waals surface area (Å²) in [6.45, 7) is 2.04. The number of ether oxygens (including phenoxy) is 1. The van der Waals surface area contributed by atoms with Crippen LogP contribution in [0, 0.1) is 6.92 Å². The normalized spacial score (nSPS) is 12.3. The average Bonchev–Trinajstić information content (AvgIpc) is 3.16. The van der Waals surface area contributed by atoms with Crippen LogP contribution in [-0.4, -0.2) is 14.5 Å². The quantitative estimate of drug-likeness (QED) is 0.285. The second-order valence-electron chi connectivity index (χ2n) is 7.95. The first-order valence-corrected chi connectivity index (χ1v) is 10.4. The van der Waals surface area contributed by atoms with E-state index in [0.717, 1.165) is 56.1 Å². The highest BCUT2D eigenvalue weighted by Crippen LogP contribution is 2.43. The van der Waals surface area contributed by atoms with Gasteiger partial charge in [0.15, 0.2) is 11.5 Å². The molecule has 0 amide bonds. The fraction of sp³-hybridized carbons (Fsp3) is 0.0370. The predicted octanol–water partition coefficient (Wildman–Crippen LogP) is 6.81. The van der Waals surface area contributed by atoms with Gasteiger partial charge in [-0.3, -0.25) is 9.55 Å². The number of fused-ring (bicyclic) bond motifs is 5. The number of pyridine rings is 1. The third-order valence-corrected chi connectivity index (χ3v) is 6.15. The second-order valence-corrected chi connectivity index (χ2v) is 7.95. The van der Waals surface area contributed by atoms with Crippen LogP contribution in [0.2, 0.25) is 0 Å². The third-order valence-electron chi connectivity index (χ3n) is 6.15. The van der Waals surface area contributed by atoms with E-state index in [1.165, 1.54) is 10.8 Å². The topological polar surface area (TPSA) is 39.9 Å². The van der Waals surface area contributed by atoms with E-state index in [-0.39, 0.29) is 0 Å². The Kier molecular flexibility index (Phi) is 3.17. The molecule has 146 valence electrons. The molecule has 0 bridgehead atoms. The van der Waals surface area contributed by atoms with Crippen molar-refractivity contribution in [3.05, 3.63) is 90.9 Å². The Hall–Kier alpha value is -4.18. The maximum atomic E-state index is 6.35. The molecule has 4 nitrogen and oxygen atoms in total. The van der Waals surface area contributed by atoms with Gasteiger partial charge in [-0.05, 0) is 59.8 Å². The minimum atomic E-state index is 0.837. The van der Waals surface area contributed by atoms with E-state index in [9.17, 15) is 0 Å². The van der Waals surface area contributed by atoms with Gasteiger partial charge in [-0.25, -0.2) is 4.98 Å². The number of hydrogen-bond donors (Lipinski definition) is 0. The molecule has 4 aromatic carbocycles. The Morgan fingerprint density at radius 1 is 0.806 bits per heavy atom. The van der Waals surface area contributed by atoms with Crippen LogP contribution in [-0.2, 0) is 0 Å². The fourth-order valence-electron chi connectivity index (χ4n) is 4.80. The van der Waals surface area contributed by atoms with E-state index in [1.807, 2.05) is 37.4 Å². The number of benzene rings is 4. The van der Waals surface area contributed by atoms with Gasteiger partial charge in [0.2, 0.25) is 0 Å². The van der Waals surface area contributed by atoms with Gasteiger partial charge < -0.3 is 4.74 Å². The number of imidazole rings is 1. The summed E-state index contributed by atoms with van der Waals surface area (Å²) in [7, 11) is 0. The summed E-state index contributed by atoms with van der Waals surface area (Å²) in [6.07, 6.45) is 1.86. The zero-order valence-corrected chi connectivity index (χ0v) is 16.8. The first-order valence-electron chi connectivity index (χ1n) is 10.4. The molecule has 0 atom stereocenters. The van der Waals surface area contributed by atoms with Crippen molar-refractivity contribution in [3.8, 4) is 28.3 Å². The van der Waals surface area contributed by atoms with E-state index in [4.69, 9.17) is 14.7 Å². The third kappa shape index (κ3) is 2.24. The molecule has 31 heavy (non-hydrogen) atoms. The summed E-state index contributed by atoms with van der Waals surface area (Å²) in [4.78, 5) is 9.41. The molecule has 4 heteroatoms. The molecule has 1 aliphatic heterocycles. The Bertz CT molecular complexity index is 1680. The Morgan fingerprint density at radius 2 is 1.71 bits per heavy atom. The lowest BCUT2D eigenvalue weighted by molar-refractivity contribution is 0.475. The van der Waals surface area contributed by atoms with Crippen LogP contribution in [0.3, 0.4) is 0 Å². The maximum absolute atomic E-state index is 6.35. The summed E-state index contributed by atoms with van der Waals surface area (Å²) in [5, 5.41) is 3.49. The monoisotopic (exact) mass is 399 g/mol. The first-order chi connectivity index (χ1) is 15.3. The van der Waals surface area contributed by atoms with E-state index in [0.29, 0.717) is 0 Å². The van der Waals surface area contributed by atoms with E-state index < -0.39 is 0 Å². The molecular weight excluding hydrogens is 382 g/mol. The zero-order chi connectivity index (χ0) is 20.5. The van der Waals surface area contributed by atoms with Gasteiger partial charge in [0.05, 0.1) is 16.7 Å². The molecule has 3 heterocycles. The number of hydrogen-bond acceptors (Lipinski definition) is 3. The molecule has 0 saturated carbocycles. The fourth-order valence-corrected chi connectivity index (χ4v) is 4.80. The van der Waals surface area contributed by atoms with Gasteiger partial charge in [-0.1, -0.05) is 42.5 Å². The molecule has 0 N–H and O–H groups in total. The highest BCUT2D eigenvalue weighted by atomic mass is 16.5. The lowest BCUT2D eigenvalue weighted by atomic mass is 9.95. The Labute approximate surface area is 178 Å².